The van der Waals surface area contributed by atoms with Crippen LogP contribution in [0, 0.1) is 17.2 Å². The van der Waals surface area contributed by atoms with Crippen molar-refractivity contribution in [3.05, 3.63) is 11.6 Å². The van der Waals surface area contributed by atoms with E-state index in [-0.39, 0.29) is 0 Å². The summed E-state index contributed by atoms with van der Waals surface area (Å²) in [6.07, 6.45) is 1.84. The number of carbonyl (C=O) groups is 1. The standard InChI is InChI=1S/C12H14F3NO/c13-12(14,15)11(17)10(8-16)7-6-9-4-2-1-3-5-9/h7,9H,1-6H2/b10-7+. The zero-order valence-electron chi connectivity index (χ0n) is 9.39. The van der Waals surface area contributed by atoms with Crippen LogP contribution in [-0.4, -0.2) is 12.0 Å². The van der Waals surface area contributed by atoms with Gasteiger partial charge >= 0.3 is 6.18 Å². The maximum Gasteiger partial charge on any atom is 0.455 e. The van der Waals surface area contributed by atoms with Gasteiger partial charge in [-0.2, -0.15) is 18.4 Å². The number of halogens is 3. The van der Waals surface area contributed by atoms with Crippen LogP contribution >= 0.6 is 0 Å². The molecule has 0 aromatic rings. The fourth-order valence-electron chi connectivity index (χ4n) is 2.05. The highest BCUT2D eigenvalue weighted by atomic mass is 19.4. The summed E-state index contributed by atoms with van der Waals surface area (Å²) in [5, 5.41) is 8.55. The highest BCUT2D eigenvalue weighted by Crippen LogP contribution is 2.28. The first kappa shape index (κ1) is 13.8. The monoisotopic (exact) mass is 245 g/mol. The first-order chi connectivity index (χ1) is 7.95. The zero-order chi connectivity index (χ0) is 12.9. The molecule has 1 aliphatic carbocycles. The maximum atomic E-state index is 12.1. The fraction of sp³-hybridized carbons (Fsp3) is 0.667. The SMILES string of the molecule is N#C/C(=C\CC1CCCCC1)C(=O)C(F)(F)F. The lowest BCUT2D eigenvalue weighted by molar-refractivity contribution is -0.166. The molecule has 1 aliphatic rings. The Balaban J connectivity index is 2.61. The van der Waals surface area contributed by atoms with Crippen molar-refractivity contribution in [2.45, 2.75) is 44.7 Å². The Morgan fingerprint density at radius 3 is 2.35 bits per heavy atom. The largest absolute Gasteiger partial charge is 0.455 e. The van der Waals surface area contributed by atoms with E-state index in [0.717, 1.165) is 38.2 Å². The Labute approximate surface area is 98.1 Å². The molecule has 0 N–H and O–H groups in total. The molecule has 0 amide bonds. The van der Waals surface area contributed by atoms with Crippen molar-refractivity contribution in [2.24, 2.45) is 5.92 Å². The third kappa shape index (κ3) is 4.22. The number of hydrogen-bond acceptors (Lipinski definition) is 2. The second-order valence-electron chi connectivity index (χ2n) is 4.30. The van der Waals surface area contributed by atoms with Gasteiger partial charge < -0.3 is 0 Å². The second kappa shape index (κ2) is 5.85. The van der Waals surface area contributed by atoms with E-state index in [9.17, 15) is 18.0 Å². The second-order valence-corrected chi connectivity index (χ2v) is 4.30. The third-order valence-corrected chi connectivity index (χ3v) is 3.00. The van der Waals surface area contributed by atoms with Crippen LogP contribution in [0.2, 0.25) is 0 Å². The molecule has 0 radical (unpaired) electrons. The summed E-state index contributed by atoms with van der Waals surface area (Å²) < 4.78 is 36.3. The van der Waals surface area contributed by atoms with E-state index in [1.807, 2.05) is 0 Å². The van der Waals surface area contributed by atoms with E-state index < -0.39 is 17.5 Å². The number of allylic oxidation sites excluding steroid dienone is 2. The highest BCUT2D eigenvalue weighted by molar-refractivity contribution is 6.02. The maximum absolute atomic E-state index is 12.1. The molecule has 17 heavy (non-hydrogen) atoms. The van der Waals surface area contributed by atoms with E-state index in [2.05, 4.69) is 0 Å². The van der Waals surface area contributed by atoms with Crippen molar-refractivity contribution in [1.29, 1.82) is 5.26 Å². The van der Waals surface area contributed by atoms with E-state index in [0.29, 0.717) is 12.3 Å². The number of hydrogen-bond donors (Lipinski definition) is 0. The van der Waals surface area contributed by atoms with E-state index in [1.165, 1.54) is 6.07 Å². The normalized spacial score (nSPS) is 18.8. The van der Waals surface area contributed by atoms with Gasteiger partial charge in [0, 0.05) is 0 Å². The van der Waals surface area contributed by atoms with E-state index >= 15 is 0 Å². The van der Waals surface area contributed by atoms with Gasteiger partial charge in [0.1, 0.15) is 11.6 Å². The Bertz CT molecular complexity index is 346. The number of alkyl halides is 3. The minimum absolute atomic E-state index is 0.313. The molecule has 0 heterocycles. The first-order valence-corrected chi connectivity index (χ1v) is 5.67. The molecule has 0 atom stereocenters. The van der Waals surface area contributed by atoms with E-state index in [1.54, 1.807) is 0 Å². The van der Waals surface area contributed by atoms with Gasteiger partial charge in [-0.25, -0.2) is 0 Å². The molecule has 0 aromatic carbocycles. The van der Waals surface area contributed by atoms with Crippen molar-refractivity contribution in [3.8, 4) is 6.07 Å². The van der Waals surface area contributed by atoms with Crippen LogP contribution in [0.1, 0.15) is 38.5 Å². The average molecular weight is 245 g/mol. The summed E-state index contributed by atoms with van der Waals surface area (Å²) in [7, 11) is 0. The van der Waals surface area contributed by atoms with E-state index in [4.69, 9.17) is 5.26 Å². The van der Waals surface area contributed by atoms with Crippen LogP contribution in [0.5, 0.6) is 0 Å². The van der Waals surface area contributed by atoms with Crippen molar-refractivity contribution < 1.29 is 18.0 Å². The Morgan fingerprint density at radius 1 is 1.29 bits per heavy atom. The molecule has 5 heteroatoms. The Kier molecular flexibility index (Phi) is 4.73. The lowest BCUT2D eigenvalue weighted by atomic mass is 9.86. The minimum atomic E-state index is -4.95. The van der Waals surface area contributed by atoms with Crippen LogP contribution in [0.15, 0.2) is 11.6 Å². The van der Waals surface area contributed by atoms with Crippen LogP contribution in [0.4, 0.5) is 13.2 Å². The summed E-state index contributed by atoms with van der Waals surface area (Å²) in [4.78, 5) is 10.9. The number of rotatable bonds is 3. The number of carbonyl (C=O) groups excluding carboxylic acids is 1. The molecule has 1 fully saturated rings. The average Bonchev–Trinajstić information content (AvgIpc) is 2.30. The molecular weight excluding hydrogens is 231 g/mol. The van der Waals surface area contributed by atoms with Gasteiger partial charge in [0.15, 0.2) is 0 Å². The summed E-state index contributed by atoms with van der Waals surface area (Å²) >= 11 is 0. The lowest BCUT2D eigenvalue weighted by Crippen LogP contribution is -2.24. The predicted octanol–water partition coefficient (Wildman–Crippen LogP) is 3.54. The zero-order valence-corrected chi connectivity index (χ0v) is 9.39. The smallest absolute Gasteiger partial charge is 0.283 e. The van der Waals surface area contributed by atoms with Gasteiger partial charge in [-0.05, 0) is 12.3 Å². The van der Waals surface area contributed by atoms with Gasteiger partial charge in [-0.3, -0.25) is 4.79 Å². The number of nitriles is 1. The van der Waals surface area contributed by atoms with Crippen LogP contribution in [0.3, 0.4) is 0 Å². The molecule has 0 aliphatic heterocycles. The number of ketones is 1. The van der Waals surface area contributed by atoms with Crippen LogP contribution < -0.4 is 0 Å². The summed E-state index contributed by atoms with van der Waals surface area (Å²) in [5.41, 5.74) is -0.775. The molecule has 1 rings (SSSR count). The number of nitrogens with zero attached hydrogens (tertiary/aromatic N) is 1. The topological polar surface area (TPSA) is 40.9 Å². The van der Waals surface area contributed by atoms with Gasteiger partial charge in [-0.15, -0.1) is 0 Å². The molecule has 0 spiro atoms. The van der Waals surface area contributed by atoms with Gasteiger partial charge in [-0.1, -0.05) is 38.2 Å². The van der Waals surface area contributed by atoms with Crippen LogP contribution in [0.25, 0.3) is 0 Å². The van der Waals surface area contributed by atoms with Crippen molar-refractivity contribution >= 4 is 5.78 Å². The fourth-order valence-corrected chi connectivity index (χ4v) is 2.05. The minimum Gasteiger partial charge on any atom is -0.283 e. The summed E-state index contributed by atoms with van der Waals surface area (Å²) in [5.74, 6) is -1.72. The van der Waals surface area contributed by atoms with Crippen molar-refractivity contribution in [1.82, 2.24) is 0 Å². The lowest BCUT2D eigenvalue weighted by Gasteiger charge is -2.19. The van der Waals surface area contributed by atoms with Crippen LogP contribution in [-0.2, 0) is 4.79 Å². The van der Waals surface area contributed by atoms with Gasteiger partial charge in [0.2, 0.25) is 0 Å². The Hall–Kier alpha value is -1.31. The Morgan fingerprint density at radius 2 is 1.88 bits per heavy atom. The predicted molar refractivity (Wildman–Crippen MR) is 56.0 cm³/mol. The van der Waals surface area contributed by atoms with Gasteiger partial charge in [0.05, 0.1) is 0 Å². The summed E-state index contributed by atoms with van der Waals surface area (Å²) in [6, 6.07) is 1.34. The molecule has 0 bridgehead atoms. The molecule has 94 valence electrons. The molecule has 0 saturated heterocycles. The molecule has 0 unspecified atom stereocenters. The molecule has 1 saturated carbocycles. The molecule has 2 nitrogen and oxygen atoms in total. The third-order valence-electron chi connectivity index (χ3n) is 3.00. The van der Waals surface area contributed by atoms with Crippen molar-refractivity contribution in [3.63, 3.8) is 0 Å². The van der Waals surface area contributed by atoms with Crippen molar-refractivity contribution in [2.75, 3.05) is 0 Å². The summed E-state index contributed by atoms with van der Waals surface area (Å²) in [6.45, 7) is 0. The number of Topliss-reactive ketones (excluding diaryl/α,β-unsaturated/α-hetero) is 1. The molecule has 0 aromatic heterocycles. The highest BCUT2D eigenvalue weighted by Gasteiger charge is 2.40. The molecular formula is C12H14F3NO. The first-order valence-electron chi connectivity index (χ1n) is 5.67. The quantitative estimate of drug-likeness (QED) is 0.563. The van der Waals surface area contributed by atoms with Gasteiger partial charge in [0.25, 0.3) is 5.78 Å².